The molecule has 1 aliphatic heterocycles. The van der Waals surface area contributed by atoms with Crippen molar-refractivity contribution in [3.63, 3.8) is 0 Å². The second-order valence-corrected chi connectivity index (χ2v) is 9.20. The van der Waals surface area contributed by atoms with Gasteiger partial charge in [0.1, 0.15) is 0 Å². The number of guanidine groups is 1. The summed E-state index contributed by atoms with van der Waals surface area (Å²) in [6.07, 6.45) is 3.36. The van der Waals surface area contributed by atoms with Gasteiger partial charge in [-0.3, -0.25) is 4.99 Å². The van der Waals surface area contributed by atoms with E-state index in [2.05, 4.69) is 49.5 Å². The van der Waals surface area contributed by atoms with E-state index in [0.29, 0.717) is 18.5 Å². The van der Waals surface area contributed by atoms with Crippen LogP contribution in [0.3, 0.4) is 0 Å². The predicted octanol–water partition coefficient (Wildman–Crippen LogP) is 1.15. The predicted molar refractivity (Wildman–Crippen MR) is 108 cm³/mol. The molecular weight excluding hydrogens is 350 g/mol. The summed E-state index contributed by atoms with van der Waals surface area (Å²) in [5.74, 6) is 0.688. The Morgan fingerprint density at radius 1 is 1.31 bits per heavy atom. The Morgan fingerprint density at radius 2 is 2.00 bits per heavy atom. The molecule has 8 heteroatoms. The maximum absolute atomic E-state index is 11.5. The zero-order valence-electron chi connectivity index (χ0n) is 16.1. The maximum Gasteiger partial charge on any atom is 0.209 e. The first-order chi connectivity index (χ1) is 12.2. The van der Waals surface area contributed by atoms with E-state index in [1.807, 2.05) is 19.9 Å². The summed E-state index contributed by atoms with van der Waals surface area (Å²) in [4.78, 5) is 6.66. The van der Waals surface area contributed by atoms with E-state index in [1.165, 1.54) is 11.9 Å². The second-order valence-electron chi connectivity index (χ2n) is 7.45. The summed E-state index contributed by atoms with van der Waals surface area (Å²) < 4.78 is 25.5. The molecule has 0 saturated carbocycles. The Morgan fingerprint density at radius 3 is 2.62 bits per heavy atom. The molecule has 0 aromatic heterocycles. The van der Waals surface area contributed by atoms with Crippen LogP contribution in [-0.4, -0.2) is 58.9 Å². The molecule has 0 amide bonds. The normalized spacial score (nSPS) is 19.3. The van der Waals surface area contributed by atoms with E-state index in [0.717, 1.165) is 25.9 Å². The third-order valence-electron chi connectivity index (χ3n) is 4.27. The minimum Gasteiger partial charge on any atom is -0.369 e. The molecule has 146 valence electrons. The number of hydrogen-bond donors (Lipinski definition) is 3. The van der Waals surface area contributed by atoms with Crippen LogP contribution in [0.1, 0.15) is 26.7 Å². The van der Waals surface area contributed by atoms with Crippen LogP contribution in [0.4, 0.5) is 5.69 Å². The SMILES string of the molecule is CN=C(NCC(C)(C)NS(C)(=O)=O)NC1CCCN(c2ccccc2)C1. The van der Waals surface area contributed by atoms with E-state index in [-0.39, 0.29) is 0 Å². The van der Waals surface area contributed by atoms with Gasteiger partial charge < -0.3 is 15.5 Å². The van der Waals surface area contributed by atoms with E-state index in [4.69, 9.17) is 0 Å². The summed E-state index contributed by atoms with van der Waals surface area (Å²) in [6.45, 7) is 6.09. The monoisotopic (exact) mass is 381 g/mol. The van der Waals surface area contributed by atoms with Crippen molar-refractivity contribution in [2.75, 3.05) is 37.8 Å². The lowest BCUT2D eigenvalue weighted by Gasteiger charge is -2.36. The topological polar surface area (TPSA) is 85.8 Å². The largest absolute Gasteiger partial charge is 0.369 e. The quantitative estimate of drug-likeness (QED) is 0.508. The van der Waals surface area contributed by atoms with Gasteiger partial charge in [-0.1, -0.05) is 18.2 Å². The number of aliphatic imine (C=N–C) groups is 1. The zero-order chi connectivity index (χ0) is 19.2. The molecule has 1 saturated heterocycles. The van der Waals surface area contributed by atoms with Crippen LogP contribution in [0.5, 0.6) is 0 Å². The van der Waals surface area contributed by atoms with Gasteiger partial charge in [-0.2, -0.15) is 0 Å². The summed E-state index contributed by atoms with van der Waals surface area (Å²) >= 11 is 0. The summed E-state index contributed by atoms with van der Waals surface area (Å²) in [7, 11) is -1.53. The van der Waals surface area contributed by atoms with Gasteiger partial charge in [-0.25, -0.2) is 13.1 Å². The number of piperidine rings is 1. The lowest BCUT2D eigenvalue weighted by molar-refractivity contribution is 0.436. The Bertz CT molecular complexity index is 704. The molecule has 0 aliphatic carbocycles. The third kappa shape index (κ3) is 6.84. The van der Waals surface area contributed by atoms with Crippen molar-refractivity contribution >= 4 is 21.7 Å². The molecule has 7 nitrogen and oxygen atoms in total. The van der Waals surface area contributed by atoms with Gasteiger partial charge in [0.2, 0.25) is 10.0 Å². The first-order valence-electron chi connectivity index (χ1n) is 8.95. The molecule has 1 aromatic carbocycles. The maximum atomic E-state index is 11.5. The molecule has 2 rings (SSSR count). The highest BCUT2D eigenvalue weighted by molar-refractivity contribution is 7.88. The number of nitrogens with zero attached hydrogens (tertiary/aromatic N) is 2. The van der Waals surface area contributed by atoms with Crippen LogP contribution in [-0.2, 0) is 10.0 Å². The van der Waals surface area contributed by atoms with Gasteiger partial charge in [0, 0.05) is 44.0 Å². The fourth-order valence-electron chi connectivity index (χ4n) is 3.20. The third-order valence-corrected chi connectivity index (χ3v) is 5.19. The summed E-state index contributed by atoms with van der Waals surface area (Å²) in [6, 6.07) is 10.7. The van der Waals surface area contributed by atoms with Crippen molar-refractivity contribution in [1.82, 2.24) is 15.4 Å². The van der Waals surface area contributed by atoms with Crippen LogP contribution in [0.2, 0.25) is 0 Å². The number of nitrogens with one attached hydrogen (secondary N) is 3. The molecule has 26 heavy (non-hydrogen) atoms. The molecule has 1 aromatic rings. The Hall–Kier alpha value is -1.80. The molecule has 3 N–H and O–H groups in total. The van der Waals surface area contributed by atoms with E-state index in [1.54, 1.807) is 7.05 Å². The van der Waals surface area contributed by atoms with Crippen molar-refractivity contribution in [3.05, 3.63) is 30.3 Å². The van der Waals surface area contributed by atoms with Crippen molar-refractivity contribution in [2.45, 2.75) is 38.3 Å². The lowest BCUT2D eigenvalue weighted by Crippen LogP contribution is -2.56. The van der Waals surface area contributed by atoms with Gasteiger partial charge in [0.05, 0.1) is 6.26 Å². The smallest absolute Gasteiger partial charge is 0.209 e. The van der Waals surface area contributed by atoms with Crippen LogP contribution in [0.25, 0.3) is 0 Å². The van der Waals surface area contributed by atoms with Crippen molar-refractivity contribution in [2.24, 2.45) is 4.99 Å². The number of rotatable bonds is 6. The van der Waals surface area contributed by atoms with Gasteiger partial charge in [0.15, 0.2) is 5.96 Å². The Balaban J connectivity index is 1.89. The fraction of sp³-hybridized carbons (Fsp3) is 0.611. The molecule has 0 bridgehead atoms. The van der Waals surface area contributed by atoms with Gasteiger partial charge >= 0.3 is 0 Å². The Labute approximate surface area is 157 Å². The number of benzene rings is 1. The average molecular weight is 382 g/mol. The molecule has 0 radical (unpaired) electrons. The van der Waals surface area contributed by atoms with E-state index < -0.39 is 15.6 Å². The van der Waals surface area contributed by atoms with Gasteiger partial charge in [-0.15, -0.1) is 0 Å². The highest BCUT2D eigenvalue weighted by atomic mass is 32.2. The van der Waals surface area contributed by atoms with Crippen LogP contribution in [0.15, 0.2) is 35.3 Å². The van der Waals surface area contributed by atoms with Crippen LogP contribution >= 0.6 is 0 Å². The zero-order valence-corrected chi connectivity index (χ0v) is 16.9. The fourth-order valence-corrected chi connectivity index (χ4v) is 4.27. The molecule has 1 unspecified atom stereocenters. The highest BCUT2D eigenvalue weighted by Crippen LogP contribution is 2.19. The van der Waals surface area contributed by atoms with Gasteiger partial charge in [0.25, 0.3) is 0 Å². The first-order valence-corrected chi connectivity index (χ1v) is 10.8. The Kier molecular flexibility index (Phi) is 6.88. The highest BCUT2D eigenvalue weighted by Gasteiger charge is 2.24. The molecule has 1 heterocycles. The lowest BCUT2D eigenvalue weighted by atomic mass is 10.0. The number of hydrogen-bond acceptors (Lipinski definition) is 4. The minimum atomic E-state index is -3.26. The standard InChI is InChI=1S/C18H31N5O2S/c1-18(2,22-26(4,24)25)14-20-17(19-3)21-15-9-8-12-23(13-15)16-10-6-5-7-11-16/h5-7,10-11,15,22H,8-9,12-14H2,1-4H3,(H2,19,20,21). The van der Waals surface area contributed by atoms with Gasteiger partial charge in [-0.05, 0) is 38.8 Å². The first kappa shape index (κ1) is 20.5. The summed E-state index contributed by atoms with van der Waals surface area (Å²) in [5.41, 5.74) is 0.633. The number of sulfonamides is 1. The molecule has 1 atom stereocenters. The van der Waals surface area contributed by atoms with Crippen molar-refractivity contribution in [3.8, 4) is 0 Å². The van der Waals surface area contributed by atoms with Crippen LogP contribution < -0.4 is 20.3 Å². The molecule has 1 fully saturated rings. The number of para-hydroxylation sites is 1. The molecule has 0 spiro atoms. The van der Waals surface area contributed by atoms with E-state index in [9.17, 15) is 8.42 Å². The van der Waals surface area contributed by atoms with Crippen molar-refractivity contribution < 1.29 is 8.42 Å². The number of anilines is 1. The minimum absolute atomic E-state index is 0.293. The second kappa shape index (κ2) is 8.73. The summed E-state index contributed by atoms with van der Waals surface area (Å²) in [5, 5.41) is 6.69. The molecular formula is C18H31N5O2S. The molecule has 1 aliphatic rings. The van der Waals surface area contributed by atoms with E-state index >= 15 is 0 Å². The van der Waals surface area contributed by atoms with Crippen LogP contribution in [0, 0.1) is 0 Å². The average Bonchev–Trinajstić information content (AvgIpc) is 2.57. The van der Waals surface area contributed by atoms with Crippen molar-refractivity contribution in [1.29, 1.82) is 0 Å².